The van der Waals surface area contributed by atoms with Crippen LogP contribution in [0.5, 0.6) is 0 Å². The second-order valence-corrected chi connectivity index (χ2v) is 6.21. The van der Waals surface area contributed by atoms with E-state index in [1.807, 2.05) is 6.26 Å². The van der Waals surface area contributed by atoms with Crippen LogP contribution in [0.3, 0.4) is 0 Å². The fourth-order valence-corrected chi connectivity index (χ4v) is 3.63. The summed E-state index contributed by atoms with van der Waals surface area (Å²) in [7, 11) is 1.66. The van der Waals surface area contributed by atoms with Gasteiger partial charge < -0.3 is 21.1 Å². The van der Waals surface area contributed by atoms with Crippen LogP contribution in [0.1, 0.15) is 22.5 Å². The summed E-state index contributed by atoms with van der Waals surface area (Å²) in [6.45, 7) is 1.32. The van der Waals surface area contributed by atoms with Crippen molar-refractivity contribution >= 4 is 39.7 Å². The molecule has 1 aromatic heterocycles. The Labute approximate surface area is 121 Å². The molecule has 0 radical (unpaired) electrons. The molecule has 5 nitrogen and oxygen atoms in total. The lowest BCUT2D eigenvalue weighted by Crippen LogP contribution is -2.25. The first-order chi connectivity index (χ1) is 9.17. The molecule has 2 rings (SSSR count). The van der Waals surface area contributed by atoms with Gasteiger partial charge in [0, 0.05) is 19.7 Å². The summed E-state index contributed by atoms with van der Waals surface area (Å²) in [6, 6.07) is 0.344. The largest absolute Gasteiger partial charge is 0.396 e. The minimum Gasteiger partial charge on any atom is -0.396 e. The minimum absolute atomic E-state index is 0.0555. The van der Waals surface area contributed by atoms with Crippen LogP contribution in [0.2, 0.25) is 0 Å². The number of thioether (sulfide) groups is 1. The maximum absolute atomic E-state index is 12.1. The van der Waals surface area contributed by atoms with Gasteiger partial charge in [-0.25, -0.2) is 0 Å². The molecule has 0 saturated heterocycles. The van der Waals surface area contributed by atoms with E-state index in [-0.39, 0.29) is 5.91 Å². The van der Waals surface area contributed by atoms with Crippen molar-refractivity contribution in [2.24, 2.45) is 0 Å². The standard InChI is InChI=1S/C12H19N3O2S2/c1-17-6-5-14-12-10(18-2)8(13)9(19-12)11(16)15-7-3-4-7/h7,14H,3-6,13H2,1-2H3,(H,15,16). The first kappa shape index (κ1) is 14.5. The first-order valence-corrected chi connectivity index (χ1v) is 8.21. The quantitative estimate of drug-likeness (QED) is 0.530. The number of hydrogen-bond donors (Lipinski definition) is 3. The van der Waals surface area contributed by atoms with E-state index < -0.39 is 0 Å². The van der Waals surface area contributed by atoms with Gasteiger partial charge in [-0.3, -0.25) is 4.79 Å². The van der Waals surface area contributed by atoms with Crippen LogP contribution in [0.25, 0.3) is 0 Å². The van der Waals surface area contributed by atoms with E-state index in [0.29, 0.717) is 29.8 Å². The van der Waals surface area contributed by atoms with Crippen LogP contribution in [0, 0.1) is 0 Å². The predicted molar refractivity (Wildman–Crippen MR) is 81.4 cm³/mol. The highest BCUT2D eigenvalue weighted by atomic mass is 32.2. The van der Waals surface area contributed by atoms with E-state index in [1.54, 1.807) is 18.9 Å². The number of nitrogens with one attached hydrogen (secondary N) is 2. The first-order valence-electron chi connectivity index (χ1n) is 6.17. The van der Waals surface area contributed by atoms with Crippen LogP contribution in [0.15, 0.2) is 4.90 Å². The zero-order valence-corrected chi connectivity index (χ0v) is 12.7. The zero-order chi connectivity index (χ0) is 13.8. The molecule has 0 unspecified atom stereocenters. The number of rotatable bonds is 7. The van der Waals surface area contributed by atoms with E-state index in [9.17, 15) is 4.79 Å². The van der Waals surface area contributed by atoms with E-state index in [2.05, 4.69) is 10.6 Å². The van der Waals surface area contributed by atoms with Crippen molar-refractivity contribution in [1.29, 1.82) is 0 Å². The number of anilines is 2. The summed E-state index contributed by atoms with van der Waals surface area (Å²) >= 11 is 2.97. The van der Waals surface area contributed by atoms with Crippen molar-refractivity contribution in [3.05, 3.63) is 4.88 Å². The molecule has 0 aromatic carbocycles. The minimum atomic E-state index is -0.0555. The molecule has 1 heterocycles. The molecule has 0 spiro atoms. The summed E-state index contributed by atoms with van der Waals surface area (Å²) in [5.41, 5.74) is 6.65. The Morgan fingerprint density at radius 1 is 1.58 bits per heavy atom. The molecule has 4 N–H and O–H groups in total. The number of nitrogen functional groups attached to an aromatic ring is 1. The molecule has 0 aliphatic heterocycles. The van der Waals surface area contributed by atoms with Gasteiger partial charge in [-0.15, -0.1) is 23.1 Å². The lowest BCUT2D eigenvalue weighted by Gasteiger charge is -2.04. The number of thiophene rings is 1. The number of carbonyl (C=O) groups excluding carboxylic acids is 1. The van der Waals surface area contributed by atoms with Gasteiger partial charge >= 0.3 is 0 Å². The van der Waals surface area contributed by atoms with Crippen molar-refractivity contribution in [2.75, 3.05) is 37.6 Å². The van der Waals surface area contributed by atoms with E-state index >= 15 is 0 Å². The summed E-state index contributed by atoms with van der Waals surface area (Å²) in [6.07, 6.45) is 4.11. The number of hydrogen-bond acceptors (Lipinski definition) is 6. The maximum atomic E-state index is 12.1. The highest BCUT2D eigenvalue weighted by molar-refractivity contribution is 7.99. The van der Waals surface area contributed by atoms with Gasteiger partial charge in [0.05, 0.1) is 17.2 Å². The maximum Gasteiger partial charge on any atom is 0.263 e. The third kappa shape index (κ3) is 3.55. The van der Waals surface area contributed by atoms with Crippen molar-refractivity contribution in [3.63, 3.8) is 0 Å². The van der Waals surface area contributed by atoms with E-state index in [0.717, 1.165) is 22.7 Å². The Morgan fingerprint density at radius 2 is 2.32 bits per heavy atom. The fourth-order valence-electron chi connectivity index (χ4n) is 1.66. The Hall–Kier alpha value is -0.920. The van der Waals surface area contributed by atoms with Crippen molar-refractivity contribution < 1.29 is 9.53 Å². The lowest BCUT2D eigenvalue weighted by atomic mass is 10.3. The molecule has 7 heteroatoms. The molecule has 0 atom stereocenters. The summed E-state index contributed by atoms with van der Waals surface area (Å²) in [5, 5.41) is 7.18. The van der Waals surface area contributed by atoms with Crippen LogP contribution >= 0.6 is 23.1 Å². The van der Waals surface area contributed by atoms with Crippen LogP contribution in [-0.2, 0) is 4.74 Å². The molecule has 1 saturated carbocycles. The SMILES string of the molecule is COCCNc1sc(C(=O)NC2CC2)c(N)c1SC. The monoisotopic (exact) mass is 301 g/mol. The third-order valence-electron chi connectivity index (χ3n) is 2.81. The van der Waals surface area contributed by atoms with Crippen LogP contribution < -0.4 is 16.4 Å². The van der Waals surface area contributed by atoms with E-state index in [4.69, 9.17) is 10.5 Å². The third-order valence-corrected chi connectivity index (χ3v) is 4.94. The molecule has 0 bridgehead atoms. The Kier molecular flexibility index (Phi) is 4.95. The van der Waals surface area contributed by atoms with Gasteiger partial charge in [0.1, 0.15) is 9.88 Å². The second-order valence-electron chi connectivity index (χ2n) is 4.37. The fraction of sp³-hybridized carbons (Fsp3) is 0.583. The van der Waals surface area contributed by atoms with Gasteiger partial charge in [0.2, 0.25) is 0 Å². The Balaban J connectivity index is 2.11. The topological polar surface area (TPSA) is 76.4 Å². The lowest BCUT2D eigenvalue weighted by molar-refractivity contribution is 0.0956. The highest BCUT2D eigenvalue weighted by Crippen LogP contribution is 2.41. The summed E-state index contributed by atoms with van der Waals surface area (Å²) in [5.74, 6) is -0.0555. The van der Waals surface area contributed by atoms with Gasteiger partial charge in [0.25, 0.3) is 5.91 Å². The zero-order valence-electron chi connectivity index (χ0n) is 11.1. The normalized spacial score (nSPS) is 14.4. The van der Waals surface area contributed by atoms with Crippen molar-refractivity contribution in [2.45, 2.75) is 23.8 Å². The van der Waals surface area contributed by atoms with Gasteiger partial charge in [-0.2, -0.15) is 0 Å². The molecular weight excluding hydrogens is 282 g/mol. The van der Waals surface area contributed by atoms with Gasteiger partial charge in [0.15, 0.2) is 0 Å². The molecule has 106 valence electrons. The highest BCUT2D eigenvalue weighted by Gasteiger charge is 2.27. The molecule has 19 heavy (non-hydrogen) atoms. The Bertz CT molecular complexity index is 458. The van der Waals surface area contributed by atoms with Crippen LogP contribution in [-0.4, -0.2) is 38.5 Å². The number of amides is 1. The van der Waals surface area contributed by atoms with E-state index in [1.165, 1.54) is 11.3 Å². The average molecular weight is 301 g/mol. The molecule has 1 aromatic rings. The molecular formula is C12H19N3O2S2. The molecule has 1 fully saturated rings. The second kappa shape index (κ2) is 6.49. The number of carbonyl (C=O) groups is 1. The molecule has 1 amide bonds. The molecule has 1 aliphatic rings. The number of nitrogens with two attached hydrogens (primary N) is 1. The number of methoxy groups -OCH3 is 1. The average Bonchev–Trinajstić information content (AvgIpc) is 3.13. The van der Waals surface area contributed by atoms with Crippen molar-refractivity contribution in [3.8, 4) is 0 Å². The smallest absolute Gasteiger partial charge is 0.263 e. The Morgan fingerprint density at radius 3 is 2.89 bits per heavy atom. The van der Waals surface area contributed by atoms with Crippen LogP contribution in [0.4, 0.5) is 10.7 Å². The van der Waals surface area contributed by atoms with Crippen molar-refractivity contribution in [1.82, 2.24) is 5.32 Å². The molecule has 1 aliphatic carbocycles. The predicted octanol–water partition coefficient (Wildman–Crippen LogP) is 2.00. The number of ether oxygens (including phenoxy) is 1. The van der Waals surface area contributed by atoms with Gasteiger partial charge in [-0.05, 0) is 19.1 Å². The summed E-state index contributed by atoms with van der Waals surface area (Å²) in [4.78, 5) is 13.6. The van der Waals surface area contributed by atoms with Gasteiger partial charge in [-0.1, -0.05) is 0 Å². The summed E-state index contributed by atoms with van der Waals surface area (Å²) < 4.78 is 5.01.